The molecule has 76 heavy (non-hydrogen) atoms. The lowest BCUT2D eigenvalue weighted by atomic mass is 9.61. The molecule has 0 saturated heterocycles. The number of nitrogens with zero attached hydrogens (tertiary/aromatic N) is 2. The van der Waals surface area contributed by atoms with Crippen LogP contribution in [-0.4, -0.2) is 11.1 Å². The number of anilines is 4. The minimum absolute atomic E-state index is 0.00643. The van der Waals surface area contributed by atoms with E-state index in [4.69, 9.17) is 6.58 Å². The smallest absolute Gasteiger partial charge is 0.0714 e. The van der Waals surface area contributed by atoms with Crippen LogP contribution in [0.1, 0.15) is 114 Å². The molecule has 0 N–H and O–H groups in total. The summed E-state index contributed by atoms with van der Waals surface area (Å²) in [5.74, 6) is 0. The quantitative estimate of drug-likeness (QED) is 0.111. The van der Waals surface area contributed by atoms with Crippen molar-refractivity contribution in [3.05, 3.63) is 252 Å². The molecule has 2 nitrogen and oxygen atoms in total. The fourth-order valence-electron chi connectivity index (χ4n) is 16.1. The number of benzene rings is 9. The van der Waals surface area contributed by atoms with E-state index in [0.717, 1.165) is 5.57 Å². The summed E-state index contributed by atoms with van der Waals surface area (Å²) in [4.78, 5) is 5.37. The molecule has 0 radical (unpaired) electrons. The van der Waals surface area contributed by atoms with Gasteiger partial charge in [0, 0.05) is 33.6 Å². The predicted molar refractivity (Wildman–Crippen MR) is 323 cm³/mol. The van der Waals surface area contributed by atoms with Gasteiger partial charge in [-0.25, -0.2) is 0 Å². The van der Waals surface area contributed by atoms with E-state index in [0.29, 0.717) is 0 Å². The average Bonchev–Trinajstić information content (AvgIpc) is 4.18. The maximum absolute atomic E-state index is 5.13. The maximum Gasteiger partial charge on any atom is 0.0714 e. The Morgan fingerprint density at radius 1 is 0.447 bits per heavy atom. The van der Waals surface area contributed by atoms with E-state index in [-0.39, 0.29) is 21.9 Å². The summed E-state index contributed by atoms with van der Waals surface area (Å²) < 4.78 is 0. The predicted octanol–water partition coefficient (Wildman–Crippen LogP) is 19.8. The van der Waals surface area contributed by atoms with Crippen LogP contribution in [0.15, 0.2) is 225 Å². The molecule has 2 heteroatoms. The van der Waals surface area contributed by atoms with E-state index in [1.165, 1.54) is 157 Å². The first-order valence-electron chi connectivity index (χ1n) is 28.2. The minimum Gasteiger partial charge on any atom is -0.334 e. The highest BCUT2D eigenvalue weighted by Crippen LogP contribution is 2.65. The van der Waals surface area contributed by atoms with Gasteiger partial charge in [-0.3, -0.25) is 0 Å². The number of hydrogen-bond acceptors (Lipinski definition) is 2. The first kappa shape index (κ1) is 46.8. The third-order valence-electron chi connectivity index (χ3n) is 20.3. The van der Waals surface area contributed by atoms with Crippen LogP contribution in [0.3, 0.4) is 0 Å². The van der Waals surface area contributed by atoms with E-state index >= 15 is 0 Å². The topological polar surface area (TPSA) is 6.48 Å². The van der Waals surface area contributed by atoms with Crippen LogP contribution in [0.4, 0.5) is 22.7 Å². The van der Waals surface area contributed by atoms with Gasteiger partial charge in [0.05, 0.1) is 16.5 Å². The lowest BCUT2D eigenvalue weighted by Crippen LogP contribution is -2.54. The summed E-state index contributed by atoms with van der Waals surface area (Å²) in [6.45, 7) is 17.4. The van der Waals surface area contributed by atoms with Crippen molar-refractivity contribution >= 4 is 44.3 Å². The van der Waals surface area contributed by atoms with Gasteiger partial charge in [0.15, 0.2) is 0 Å². The Bertz CT molecular complexity index is 3880. The van der Waals surface area contributed by atoms with Gasteiger partial charge in [0.2, 0.25) is 0 Å². The molecular formula is C74H68N2. The number of fused-ring (bicyclic) bond motifs is 14. The second-order valence-corrected chi connectivity index (χ2v) is 23.8. The molecule has 9 aromatic carbocycles. The summed E-state index contributed by atoms with van der Waals surface area (Å²) >= 11 is 0. The largest absolute Gasteiger partial charge is 0.334 e. The van der Waals surface area contributed by atoms with Crippen LogP contribution in [0.5, 0.6) is 0 Å². The molecule has 2 aliphatic heterocycles. The first-order valence-corrected chi connectivity index (χ1v) is 28.2. The van der Waals surface area contributed by atoms with E-state index in [1.807, 2.05) is 0 Å². The number of rotatable bonds is 8. The molecule has 0 bridgehead atoms. The van der Waals surface area contributed by atoms with Crippen molar-refractivity contribution in [2.45, 2.75) is 113 Å². The van der Waals surface area contributed by atoms with Gasteiger partial charge < -0.3 is 9.80 Å². The molecule has 5 unspecified atom stereocenters. The minimum atomic E-state index is -0.701. The van der Waals surface area contributed by atoms with Crippen LogP contribution in [0.25, 0.3) is 54.9 Å². The third kappa shape index (κ3) is 6.28. The van der Waals surface area contributed by atoms with Crippen molar-refractivity contribution in [3.63, 3.8) is 0 Å². The molecule has 0 aromatic heterocycles. The monoisotopic (exact) mass is 985 g/mol. The van der Waals surface area contributed by atoms with E-state index in [1.54, 1.807) is 0 Å². The van der Waals surface area contributed by atoms with E-state index < -0.39 is 5.41 Å². The van der Waals surface area contributed by atoms with Crippen molar-refractivity contribution in [1.82, 2.24) is 0 Å². The molecular weight excluding hydrogens is 917 g/mol. The average molecular weight is 985 g/mol. The van der Waals surface area contributed by atoms with Crippen molar-refractivity contribution in [3.8, 4) is 33.4 Å². The van der Waals surface area contributed by atoms with Crippen molar-refractivity contribution in [2.75, 3.05) is 9.80 Å². The van der Waals surface area contributed by atoms with Gasteiger partial charge in [-0.2, -0.15) is 0 Å². The molecule has 5 aliphatic rings. The Hall–Kier alpha value is -7.68. The van der Waals surface area contributed by atoms with Gasteiger partial charge >= 0.3 is 0 Å². The lowest BCUT2D eigenvalue weighted by molar-refractivity contribution is 0.195. The summed E-state index contributed by atoms with van der Waals surface area (Å²) in [5.41, 5.74) is 20.0. The fourth-order valence-corrected chi connectivity index (χ4v) is 16.1. The van der Waals surface area contributed by atoms with Gasteiger partial charge in [-0.1, -0.05) is 198 Å². The standard InChI is InChI=1S/C74H68N2/c1-7-8-12-25-50(2)74(55-26-13-9-14-27-55)63-47-52(54-37-41-67-65(49-54)71(4)43-22-24-45-73(71,6)76(67)57-30-17-11-18-31-57)35-39-61(63)68-59-33-20-19-32-58(59)62-46-51(34-38-60(62)69(68)74)53-36-40-66-64(48-53)70(3)42-21-23-44-72(70,5)75(66)56-28-15-10-16-29-56/h7-20,25-41,46-49H,2,21-24,42-45H2,1,3-6H3/b8-7-,25-12-. The zero-order chi connectivity index (χ0) is 51.6. The van der Waals surface area contributed by atoms with Gasteiger partial charge in [0.1, 0.15) is 0 Å². The van der Waals surface area contributed by atoms with E-state index in [2.05, 4.69) is 257 Å². The highest BCUT2D eigenvalue weighted by atomic mass is 15.3. The van der Waals surface area contributed by atoms with Crippen molar-refractivity contribution < 1.29 is 0 Å². The molecule has 14 rings (SSSR count). The zero-order valence-corrected chi connectivity index (χ0v) is 45.0. The van der Waals surface area contributed by atoms with Crippen LogP contribution < -0.4 is 9.80 Å². The highest BCUT2D eigenvalue weighted by molar-refractivity contribution is 6.20. The molecule has 5 atom stereocenters. The Labute approximate surface area is 450 Å². The van der Waals surface area contributed by atoms with Crippen LogP contribution in [0, 0.1) is 0 Å². The number of hydrogen-bond donors (Lipinski definition) is 0. The normalized spacial score (nSPS) is 25.2. The van der Waals surface area contributed by atoms with Gasteiger partial charge in [0.25, 0.3) is 0 Å². The number of para-hydroxylation sites is 2. The molecule has 0 spiro atoms. The van der Waals surface area contributed by atoms with Crippen LogP contribution in [-0.2, 0) is 16.2 Å². The van der Waals surface area contributed by atoms with Crippen LogP contribution >= 0.6 is 0 Å². The maximum atomic E-state index is 5.13. The third-order valence-corrected chi connectivity index (χ3v) is 20.3. The molecule has 0 amide bonds. The van der Waals surface area contributed by atoms with Gasteiger partial charge in [-0.05, 0) is 195 Å². The first-order chi connectivity index (χ1) is 37.0. The second-order valence-electron chi connectivity index (χ2n) is 23.8. The molecule has 2 fully saturated rings. The lowest BCUT2D eigenvalue weighted by Gasteiger charge is -2.50. The van der Waals surface area contributed by atoms with E-state index in [9.17, 15) is 0 Å². The molecule has 2 heterocycles. The molecule has 374 valence electrons. The number of allylic oxidation sites excluding steroid dienone is 5. The summed E-state index contributed by atoms with van der Waals surface area (Å²) in [6.07, 6.45) is 18.4. The van der Waals surface area contributed by atoms with Gasteiger partial charge in [-0.15, -0.1) is 0 Å². The second kappa shape index (κ2) is 17.2. The zero-order valence-electron chi connectivity index (χ0n) is 45.0. The highest BCUT2D eigenvalue weighted by Gasteiger charge is 2.59. The Morgan fingerprint density at radius 3 is 1.49 bits per heavy atom. The molecule has 2 saturated carbocycles. The SMILES string of the molecule is C=C(/C=C\C=C/C)C1(c2ccccc2)c2cc(-c3ccc4c(c3)C3(C)CCCCC3(C)N4c3ccccc3)ccc2-c2c1c1ccc(-c3ccc4c(c3)C3(C)CCCCC3(C)N4c3ccccc3)cc1c1ccccc21. The van der Waals surface area contributed by atoms with Crippen LogP contribution in [0.2, 0.25) is 0 Å². The Morgan fingerprint density at radius 2 is 0.921 bits per heavy atom. The fraction of sp³-hybridized carbons (Fsp3) is 0.243. The summed E-state index contributed by atoms with van der Waals surface area (Å²) in [5, 5.41) is 5.10. The Balaban J connectivity index is 0.983. The van der Waals surface area contributed by atoms with Crippen molar-refractivity contribution in [2.24, 2.45) is 0 Å². The summed E-state index contributed by atoms with van der Waals surface area (Å²) in [6, 6.07) is 72.3. The van der Waals surface area contributed by atoms with Crippen molar-refractivity contribution in [1.29, 1.82) is 0 Å². The molecule has 3 aliphatic carbocycles. The molecule has 9 aromatic rings. The summed E-state index contributed by atoms with van der Waals surface area (Å²) in [7, 11) is 0. The Kier molecular flexibility index (Phi) is 10.6.